The summed E-state index contributed by atoms with van der Waals surface area (Å²) in [5.41, 5.74) is 0.209. The molecule has 1 atom stereocenters. The van der Waals surface area contributed by atoms with Gasteiger partial charge in [0.15, 0.2) is 0 Å². The van der Waals surface area contributed by atoms with Crippen LogP contribution in [-0.4, -0.2) is 0 Å². The number of halogens is 2. The molecule has 1 nitrogen and oxygen atoms in total. The molecule has 21 heavy (non-hydrogen) atoms. The van der Waals surface area contributed by atoms with Crippen molar-refractivity contribution in [3.05, 3.63) is 34.9 Å². The van der Waals surface area contributed by atoms with E-state index in [0.717, 1.165) is 18.8 Å². The summed E-state index contributed by atoms with van der Waals surface area (Å²) in [4.78, 5) is 0. The van der Waals surface area contributed by atoms with Gasteiger partial charge >= 0.3 is 0 Å². The van der Waals surface area contributed by atoms with Gasteiger partial charge in [0.1, 0.15) is 23.3 Å². The van der Waals surface area contributed by atoms with Gasteiger partial charge in [-0.25, -0.2) is 8.78 Å². The van der Waals surface area contributed by atoms with Crippen LogP contribution in [0.15, 0.2) is 12.1 Å². The summed E-state index contributed by atoms with van der Waals surface area (Å²) in [7, 11) is 0. The van der Waals surface area contributed by atoms with Gasteiger partial charge < -0.3 is 0 Å². The Morgan fingerprint density at radius 1 is 1.19 bits per heavy atom. The van der Waals surface area contributed by atoms with E-state index in [1.807, 2.05) is 6.92 Å². The van der Waals surface area contributed by atoms with E-state index in [1.165, 1.54) is 37.8 Å². The third kappa shape index (κ3) is 3.61. The Labute approximate surface area is 126 Å². The van der Waals surface area contributed by atoms with Gasteiger partial charge in [0.05, 0.1) is 0 Å². The second-order valence-electron chi connectivity index (χ2n) is 6.33. The first-order valence-electron chi connectivity index (χ1n) is 7.95. The van der Waals surface area contributed by atoms with E-state index < -0.39 is 17.2 Å². The predicted molar refractivity (Wildman–Crippen MR) is 79.8 cm³/mol. The molecule has 1 fully saturated rings. The van der Waals surface area contributed by atoms with E-state index in [4.69, 9.17) is 5.26 Å². The second kappa shape index (κ2) is 7.02. The van der Waals surface area contributed by atoms with E-state index in [2.05, 4.69) is 6.92 Å². The Bertz CT molecular complexity index is 502. The highest BCUT2D eigenvalue weighted by Crippen LogP contribution is 2.39. The number of rotatable bonds is 4. The summed E-state index contributed by atoms with van der Waals surface area (Å²) in [6, 6.07) is 4.25. The lowest BCUT2D eigenvalue weighted by molar-refractivity contribution is 0.238. The topological polar surface area (TPSA) is 23.8 Å². The molecule has 0 heterocycles. The number of nitriles is 1. The van der Waals surface area contributed by atoms with Crippen molar-refractivity contribution in [2.24, 2.45) is 11.8 Å². The molecule has 0 radical (unpaired) electrons. The summed E-state index contributed by atoms with van der Waals surface area (Å²) >= 11 is 0. The number of benzene rings is 1. The van der Waals surface area contributed by atoms with E-state index in [-0.39, 0.29) is 5.92 Å². The van der Waals surface area contributed by atoms with Gasteiger partial charge in [0.25, 0.3) is 0 Å². The smallest absolute Gasteiger partial charge is 0.144 e. The fourth-order valence-corrected chi connectivity index (χ4v) is 3.62. The molecule has 1 saturated carbocycles. The average molecular weight is 291 g/mol. The Hall–Kier alpha value is -1.43. The molecule has 2 rings (SSSR count). The molecule has 0 bridgehead atoms. The minimum absolute atomic E-state index is 0.143. The standard InChI is InChI=1S/C18H23F2N/c1-3-4-13-5-7-14(8-6-13)12(2)15-9-17(19)16(11-21)18(20)10-15/h9-10,12-14H,3-8H2,1-2H3. The molecule has 1 aromatic rings. The molecule has 0 aromatic heterocycles. The third-order valence-corrected chi connectivity index (χ3v) is 5.00. The summed E-state index contributed by atoms with van der Waals surface area (Å²) in [5, 5.41) is 8.73. The first-order chi connectivity index (χ1) is 10.1. The van der Waals surface area contributed by atoms with Crippen LogP contribution in [0.2, 0.25) is 0 Å². The number of hydrogen-bond donors (Lipinski definition) is 0. The zero-order chi connectivity index (χ0) is 15.4. The molecule has 0 amide bonds. The highest BCUT2D eigenvalue weighted by atomic mass is 19.1. The Morgan fingerprint density at radius 2 is 1.76 bits per heavy atom. The van der Waals surface area contributed by atoms with Crippen molar-refractivity contribution < 1.29 is 8.78 Å². The van der Waals surface area contributed by atoms with Gasteiger partial charge in [-0.1, -0.05) is 39.5 Å². The van der Waals surface area contributed by atoms with Gasteiger partial charge in [0, 0.05) is 0 Å². The fourth-order valence-electron chi connectivity index (χ4n) is 3.62. The van der Waals surface area contributed by atoms with Crippen molar-refractivity contribution >= 4 is 0 Å². The van der Waals surface area contributed by atoms with Gasteiger partial charge in [0.2, 0.25) is 0 Å². The Kier molecular flexibility index (Phi) is 5.33. The lowest BCUT2D eigenvalue weighted by atomic mass is 9.73. The molecule has 1 aliphatic carbocycles. The summed E-state index contributed by atoms with van der Waals surface area (Å²) in [5.74, 6) is -0.0138. The third-order valence-electron chi connectivity index (χ3n) is 5.00. The van der Waals surface area contributed by atoms with Crippen LogP contribution in [0, 0.1) is 34.8 Å². The second-order valence-corrected chi connectivity index (χ2v) is 6.33. The molecular weight excluding hydrogens is 268 g/mol. The normalized spacial score (nSPS) is 23.6. The molecular formula is C18H23F2N. The fraction of sp³-hybridized carbons (Fsp3) is 0.611. The molecule has 0 spiro atoms. The van der Waals surface area contributed by atoms with Crippen molar-refractivity contribution in [1.82, 2.24) is 0 Å². The van der Waals surface area contributed by atoms with Crippen LogP contribution in [0.25, 0.3) is 0 Å². The zero-order valence-electron chi connectivity index (χ0n) is 12.8. The highest BCUT2D eigenvalue weighted by Gasteiger charge is 2.26. The lowest BCUT2D eigenvalue weighted by Gasteiger charge is -2.32. The first-order valence-corrected chi connectivity index (χ1v) is 7.95. The van der Waals surface area contributed by atoms with Gasteiger partial charge in [-0.15, -0.1) is 0 Å². The molecule has 0 N–H and O–H groups in total. The van der Waals surface area contributed by atoms with Crippen LogP contribution in [-0.2, 0) is 0 Å². The summed E-state index contributed by atoms with van der Waals surface area (Å²) < 4.78 is 27.5. The first kappa shape index (κ1) is 15.9. The van der Waals surface area contributed by atoms with E-state index >= 15 is 0 Å². The maximum absolute atomic E-state index is 13.7. The molecule has 1 unspecified atom stereocenters. The van der Waals surface area contributed by atoms with Crippen molar-refractivity contribution in [3.8, 4) is 6.07 Å². The molecule has 1 aromatic carbocycles. The molecule has 1 aliphatic rings. The van der Waals surface area contributed by atoms with Crippen LogP contribution >= 0.6 is 0 Å². The number of hydrogen-bond acceptors (Lipinski definition) is 1. The maximum atomic E-state index is 13.7. The van der Waals surface area contributed by atoms with Crippen LogP contribution in [0.5, 0.6) is 0 Å². The summed E-state index contributed by atoms with van der Waals surface area (Å²) in [6.45, 7) is 4.27. The quantitative estimate of drug-likeness (QED) is 0.713. The van der Waals surface area contributed by atoms with E-state index in [0.29, 0.717) is 11.5 Å². The minimum atomic E-state index is -0.737. The lowest BCUT2D eigenvalue weighted by Crippen LogP contribution is -2.19. The van der Waals surface area contributed by atoms with Crippen molar-refractivity contribution in [1.29, 1.82) is 5.26 Å². The van der Waals surface area contributed by atoms with Crippen LogP contribution < -0.4 is 0 Å². The van der Waals surface area contributed by atoms with E-state index in [1.54, 1.807) is 6.07 Å². The highest BCUT2D eigenvalue weighted by molar-refractivity contribution is 5.36. The maximum Gasteiger partial charge on any atom is 0.144 e. The predicted octanol–water partition coefficient (Wildman–Crippen LogP) is 5.55. The summed E-state index contributed by atoms with van der Waals surface area (Å²) in [6.07, 6.45) is 7.25. The molecule has 0 aliphatic heterocycles. The molecule has 114 valence electrons. The van der Waals surface area contributed by atoms with Crippen LogP contribution in [0.3, 0.4) is 0 Å². The van der Waals surface area contributed by atoms with E-state index in [9.17, 15) is 8.78 Å². The van der Waals surface area contributed by atoms with Crippen LogP contribution in [0.4, 0.5) is 8.78 Å². The molecule has 3 heteroatoms. The van der Waals surface area contributed by atoms with Gasteiger partial charge in [-0.2, -0.15) is 5.26 Å². The van der Waals surface area contributed by atoms with Gasteiger partial charge in [-0.05, 0) is 48.3 Å². The minimum Gasteiger partial charge on any atom is -0.205 e. The van der Waals surface area contributed by atoms with Crippen molar-refractivity contribution in [2.45, 2.75) is 58.3 Å². The number of nitrogens with zero attached hydrogens (tertiary/aromatic N) is 1. The Balaban J connectivity index is 2.08. The largest absolute Gasteiger partial charge is 0.205 e. The molecule has 0 saturated heterocycles. The zero-order valence-corrected chi connectivity index (χ0v) is 12.8. The SMILES string of the molecule is CCCC1CCC(C(C)c2cc(F)c(C#N)c(F)c2)CC1. The van der Waals surface area contributed by atoms with Crippen molar-refractivity contribution in [2.75, 3.05) is 0 Å². The van der Waals surface area contributed by atoms with Crippen LogP contribution in [0.1, 0.15) is 69.4 Å². The monoisotopic (exact) mass is 291 g/mol. The van der Waals surface area contributed by atoms with Crippen molar-refractivity contribution in [3.63, 3.8) is 0 Å². The Morgan fingerprint density at radius 3 is 2.24 bits per heavy atom. The average Bonchev–Trinajstić information content (AvgIpc) is 2.47. The van der Waals surface area contributed by atoms with Gasteiger partial charge in [-0.3, -0.25) is 0 Å².